The third kappa shape index (κ3) is 5.65. The van der Waals surface area contributed by atoms with E-state index in [0.717, 1.165) is 55.3 Å². The Morgan fingerprint density at radius 2 is 1.50 bits per heavy atom. The number of halogens is 2. The van der Waals surface area contributed by atoms with Crippen molar-refractivity contribution in [2.24, 2.45) is 10.9 Å². The number of rotatable bonds is 6. The van der Waals surface area contributed by atoms with Crippen molar-refractivity contribution >= 4 is 51.9 Å². The summed E-state index contributed by atoms with van der Waals surface area (Å²) in [4.78, 5) is 42.3. The molecule has 0 spiro atoms. The van der Waals surface area contributed by atoms with Crippen LogP contribution in [0.15, 0.2) is 53.5 Å². The van der Waals surface area contributed by atoms with Crippen LogP contribution in [0.5, 0.6) is 0 Å². The zero-order chi connectivity index (χ0) is 31.3. The third-order valence-corrected chi connectivity index (χ3v) is 11.7. The molecule has 3 saturated heterocycles. The fourth-order valence-corrected chi connectivity index (χ4v) is 9.43. The molecule has 4 aliphatic heterocycles. The maximum Gasteiger partial charge on any atom is 0.245 e. The summed E-state index contributed by atoms with van der Waals surface area (Å²) in [5.74, 6) is 0.341. The Morgan fingerprint density at radius 3 is 2.09 bits per heavy atom. The molecule has 0 N–H and O–H groups in total. The van der Waals surface area contributed by atoms with Gasteiger partial charge in [-0.2, -0.15) is 0 Å². The quantitative estimate of drug-likeness (QED) is 0.365. The van der Waals surface area contributed by atoms with Gasteiger partial charge in [0.05, 0.1) is 12.1 Å². The van der Waals surface area contributed by atoms with Gasteiger partial charge in [0.15, 0.2) is 5.17 Å². The van der Waals surface area contributed by atoms with Crippen LogP contribution in [0.25, 0.3) is 0 Å². The molecule has 2 aromatic carbocycles. The van der Waals surface area contributed by atoms with Gasteiger partial charge in [0, 0.05) is 48.8 Å². The van der Waals surface area contributed by atoms with Crippen molar-refractivity contribution in [3.8, 4) is 0 Å². The number of likely N-dealkylation sites (tertiary alicyclic amines) is 1. The fourth-order valence-electron chi connectivity index (χ4n) is 7.54. The zero-order valence-electron chi connectivity index (χ0n) is 26.2. The summed E-state index contributed by atoms with van der Waals surface area (Å²) >= 11 is 14.2. The topological polar surface area (TPSA) is 59.5 Å². The standard InChI is InChI=1S/C34H43Cl2N5O2S/c1-21(2)28-29(32(43)40-16-6-7-27(40)31(42)39-19-17-38(18-20-39)22(3)4)44-33-37-34(5,24-10-14-26(36)15-11-24)30(41(28)33)23-8-12-25(35)13-9-23/h8-15,21-22,27-30H,6-7,16-20H2,1-5H3/t27?,28?,29?,30-,34+/m1/s1. The van der Waals surface area contributed by atoms with Gasteiger partial charge in [0.25, 0.3) is 0 Å². The van der Waals surface area contributed by atoms with E-state index >= 15 is 0 Å². The van der Waals surface area contributed by atoms with Gasteiger partial charge in [-0.05, 0) is 74.9 Å². The Kier molecular flexibility index (Phi) is 9.01. The van der Waals surface area contributed by atoms with Crippen molar-refractivity contribution in [1.29, 1.82) is 0 Å². The molecule has 2 aromatic rings. The number of thioether (sulfide) groups is 1. The van der Waals surface area contributed by atoms with Gasteiger partial charge in [-0.15, -0.1) is 0 Å². The highest BCUT2D eigenvalue weighted by atomic mass is 35.5. The van der Waals surface area contributed by atoms with Crippen molar-refractivity contribution in [3.05, 3.63) is 69.7 Å². The summed E-state index contributed by atoms with van der Waals surface area (Å²) in [5, 5.41) is 1.90. The molecular formula is C34H43Cl2N5O2S. The molecule has 0 saturated carbocycles. The molecule has 3 unspecified atom stereocenters. The highest BCUT2D eigenvalue weighted by molar-refractivity contribution is 8.15. The van der Waals surface area contributed by atoms with Gasteiger partial charge in [0.2, 0.25) is 11.8 Å². The lowest BCUT2D eigenvalue weighted by atomic mass is 9.80. The molecule has 6 rings (SSSR count). The summed E-state index contributed by atoms with van der Waals surface area (Å²) < 4.78 is 0. The van der Waals surface area contributed by atoms with E-state index in [-0.39, 0.29) is 41.1 Å². The second-order valence-electron chi connectivity index (χ2n) is 13.3. The Bertz CT molecular complexity index is 1410. The van der Waals surface area contributed by atoms with E-state index in [1.807, 2.05) is 34.1 Å². The van der Waals surface area contributed by atoms with Gasteiger partial charge >= 0.3 is 0 Å². The summed E-state index contributed by atoms with van der Waals surface area (Å²) in [6.07, 6.45) is 1.58. The molecule has 4 heterocycles. The van der Waals surface area contributed by atoms with Crippen molar-refractivity contribution in [2.75, 3.05) is 32.7 Å². The lowest BCUT2D eigenvalue weighted by Gasteiger charge is -2.41. The maximum absolute atomic E-state index is 14.5. The van der Waals surface area contributed by atoms with Gasteiger partial charge in [-0.25, -0.2) is 4.99 Å². The van der Waals surface area contributed by atoms with Crippen LogP contribution in [0.1, 0.15) is 64.6 Å². The second-order valence-corrected chi connectivity index (χ2v) is 15.3. The number of carbonyl (C=O) groups is 2. The first-order chi connectivity index (χ1) is 21.0. The van der Waals surface area contributed by atoms with E-state index < -0.39 is 5.54 Å². The normalized spacial score (nSPS) is 29.1. The minimum atomic E-state index is -0.591. The number of benzene rings is 2. The van der Waals surface area contributed by atoms with Crippen molar-refractivity contribution in [2.45, 2.75) is 82.4 Å². The first-order valence-corrected chi connectivity index (χ1v) is 17.5. The average molecular weight is 657 g/mol. The van der Waals surface area contributed by atoms with Crippen LogP contribution in [0, 0.1) is 5.92 Å². The number of hydrogen-bond donors (Lipinski definition) is 0. The molecule has 0 aliphatic carbocycles. The van der Waals surface area contributed by atoms with Crippen molar-refractivity contribution < 1.29 is 9.59 Å². The molecule has 10 heteroatoms. The van der Waals surface area contributed by atoms with Gasteiger partial charge < -0.3 is 14.7 Å². The van der Waals surface area contributed by atoms with Crippen molar-refractivity contribution in [1.82, 2.24) is 19.6 Å². The molecule has 5 atom stereocenters. The molecule has 44 heavy (non-hydrogen) atoms. The monoisotopic (exact) mass is 655 g/mol. The smallest absolute Gasteiger partial charge is 0.245 e. The number of hydrogen-bond acceptors (Lipinski definition) is 6. The van der Waals surface area contributed by atoms with E-state index in [0.29, 0.717) is 22.6 Å². The summed E-state index contributed by atoms with van der Waals surface area (Å²) in [7, 11) is 0. The van der Waals surface area contributed by atoms with Gasteiger partial charge in [-0.1, -0.05) is 73.1 Å². The minimum Gasteiger partial charge on any atom is -0.338 e. The van der Waals surface area contributed by atoms with Gasteiger partial charge in [0.1, 0.15) is 16.8 Å². The summed E-state index contributed by atoms with van der Waals surface area (Å²) in [5.41, 5.74) is 1.57. The lowest BCUT2D eigenvalue weighted by molar-refractivity contribution is -0.145. The van der Waals surface area contributed by atoms with Crippen LogP contribution in [0.4, 0.5) is 0 Å². The molecule has 0 bridgehead atoms. The first kappa shape index (κ1) is 31.7. The van der Waals surface area contributed by atoms with Crippen LogP contribution in [-0.2, 0) is 15.1 Å². The number of nitrogens with zero attached hydrogens (tertiary/aromatic N) is 5. The van der Waals surface area contributed by atoms with E-state index in [4.69, 9.17) is 28.2 Å². The largest absolute Gasteiger partial charge is 0.338 e. The lowest BCUT2D eigenvalue weighted by Crippen LogP contribution is -2.57. The zero-order valence-corrected chi connectivity index (χ0v) is 28.6. The number of amidine groups is 1. The number of piperazine rings is 1. The number of aliphatic imine (C=N–C) groups is 1. The second kappa shape index (κ2) is 12.5. The van der Waals surface area contributed by atoms with E-state index in [2.05, 4.69) is 68.7 Å². The number of fused-ring (bicyclic) bond motifs is 1. The Morgan fingerprint density at radius 1 is 0.886 bits per heavy atom. The van der Waals surface area contributed by atoms with E-state index in [1.165, 1.54) is 0 Å². The number of amides is 2. The Balaban J connectivity index is 1.30. The van der Waals surface area contributed by atoms with E-state index in [9.17, 15) is 9.59 Å². The average Bonchev–Trinajstić information content (AvgIpc) is 3.70. The fraction of sp³-hybridized carbons (Fsp3) is 0.559. The van der Waals surface area contributed by atoms with E-state index in [1.54, 1.807) is 11.8 Å². The summed E-state index contributed by atoms with van der Waals surface area (Å²) in [6, 6.07) is 15.8. The Hall–Kier alpha value is -2.26. The third-order valence-electron chi connectivity index (χ3n) is 9.94. The first-order valence-electron chi connectivity index (χ1n) is 15.9. The molecule has 2 amide bonds. The van der Waals surface area contributed by atoms with Crippen LogP contribution in [0.3, 0.4) is 0 Å². The summed E-state index contributed by atoms with van der Waals surface area (Å²) in [6.45, 7) is 14.8. The molecule has 236 valence electrons. The molecule has 3 fully saturated rings. The predicted molar refractivity (Wildman–Crippen MR) is 180 cm³/mol. The molecule has 0 aromatic heterocycles. The maximum atomic E-state index is 14.5. The molecular weight excluding hydrogens is 613 g/mol. The van der Waals surface area contributed by atoms with Gasteiger partial charge in [-0.3, -0.25) is 14.5 Å². The highest BCUT2D eigenvalue weighted by Crippen LogP contribution is 2.55. The van der Waals surface area contributed by atoms with Crippen LogP contribution in [0.2, 0.25) is 10.0 Å². The van der Waals surface area contributed by atoms with Crippen LogP contribution in [-0.4, -0.2) is 92.7 Å². The highest BCUT2D eigenvalue weighted by Gasteiger charge is 2.58. The predicted octanol–water partition coefficient (Wildman–Crippen LogP) is 6.31. The number of carbonyl (C=O) groups excluding carboxylic acids is 2. The van der Waals surface area contributed by atoms with Crippen LogP contribution < -0.4 is 0 Å². The van der Waals surface area contributed by atoms with Crippen LogP contribution >= 0.6 is 35.0 Å². The minimum absolute atomic E-state index is 0.0607. The SMILES string of the molecule is CC(C)C1C(C(=O)N2CCCC2C(=O)N2CCN(C(C)C)CC2)SC2=N[C@@](C)(c3ccc(Cl)cc3)[C@@H](c3ccc(Cl)cc3)N21. The molecule has 4 aliphatic rings. The molecule has 0 radical (unpaired) electrons. The Labute approximate surface area is 275 Å². The van der Waals surface area contributed by atoms with Crippen molar-refractivity contribution in [3.63, 3.8) is 0 Å². The molecule has 7 nitrogen and oxygen atoms in total.